The lowest BCUT2D eigenvalue weighted by Gasteiger charge is -2.02. The predicted octanol–water partition coefficient (Wildman–Crippen LogP) is 4.51. The molecule has 0 aromatic carbocycles. The average Bonchev–Trinajstić information content (AvgIpc) is 2.17. The third-order valence-corrected chi connectivity index (χ3v) is 2.12. The standard InChI is InChI=1S/C13H23N/c1-5-8-9-11-13(7-3)14-12(4)10-6-2/h5,10H,1,6-9,11H2,2-4H3/b12-10-,14-13+. The van der Waals surface area contributed by atoms with Gasteiger partial charge in [-0.3, -0.25) is 4.99 Å². The van der Waals surface area contributed by atoms with Crippen LogP contribution < -0.4 is 0 Å². The second-order valence-corrected chi connectivity index (χ2v) is 3.47. The van der Waals surface area contributed by atoms with Gasteiger partial charge in [0, 0.05) is 11.4 Å². The Morgan fingerprint density at radius 2 is 2.07 bits per heavy atom. The van der Waals surface area contributed by atoms with Gasteiger partial charge < -0.3 is 0 Å². The Labute approximate surface area is 88.6 Å². The van der Waals surface area contributed by atoms with Gasteiger partial charge in [-0.1, -0.05) is 26.0 Å². The van der Waals surface area contributed by atoms with E-state index in [2.05, 4.69) is 38.4 Å². The first kappa shape index (κ1) is 13.2. The molecule has 0 saturated heterocycles. The van der Waals surface area contributed by atoms with Crippen molar-refractivity contribution in [1.82, 2.24) is 0 Å². The van der Waals surface area contributed by atoms with Crippen LogP contribution in [0.1, 0.15) is 52.9 Å². The maximum Gasteiger partial charge on any atom is 0.0332 e. The fraction of sp³-hybridized carbons (Fsp3) is 0.615. The van der Waals surface area contributed by atoms with Gasteiger partial charge in [0.15, 0.2) is 0 Å². The van der Waals surface area contributed by atoms with Crippen LogP contribution in [0.15, 0.2) is 29.4 Å². The van der Waals surface area contributed by atoms with Gasteiger partial charge in [-0.25, -0.2) is 0 Å². The van der Waals surface area contributed by atoms with Crippen LogP contribution in [-0.2, 0) is 0 Å². The minimum absolute atomic E-state index is 1.06. The Hall–Kier alpha value is -0.850. The zero-order chi connectivity index (χ0) is 10.8. The molecule has 0 N–H and O–H groups in total. The van der Waals surface area contributed by atoms with E-state index in [0.29, 0.717) is 0 Å². The van der Waals surface area contributed by atoms with Crippen LogP contribution in [0.3, 0.4) is 0 Å². The Bertz CT molecular complexity index is 211. The molecular formula is C13H23N. The molecule has 0 aliphatic heterocycles. The van der Waals surface area contributed by atoms with Crippen molar-refractivity contribution in [2.45, 2.75) is 52.9 Å². The van der Waals surface area contributed by atoms with Gasteiger partial charge >= 0.3 is 0 Å². The van der Waals surface area contributed by atoms with Gasteiger partial charge in [-0.2, -0.15) is 0 Å². The molecule has 0 saturated carbocycles. The zero-order valence-corrected chi connectivity index (χ0v) is 9.84. The molecule has 0 bridgehead atoms. The number of unbranched alkanes of at least 4 members (excludes halogenated alkanes) is 1. The molecule has 0 atom stereocenters. The summed E-state index contributed by atoms with van der Waals surface area (Å²) in [6, 6.07) is 0. The van der Waals surface area contributed by atoms with E-state index in [1.807, 2.05) is 6.08 Å². The summed E-state index contributed by atoms with van der Waals surface area (Å²) in [6.45, 7) is 10.1. The second kappa shape index (κ2) is 8.74. The molecule has 14 heavy (non-hydrogen) atoms. The van der Waals surface area contributed by atoms with Crippen LogP contribution in [0.5, 0.6) is 0 Å². The van der Waals surface area contributed by atoms with E-state index in [0.717, 1.165) is 31.4 Å². The van der Waals surface area contributed by atoms with Gasteiger partial charge in [0.2, 0.25) is 0 Å². The molecule has 1 heteroatoms. The summed E-state index contributed by atoms with van der Waals surface area (Å²) in [7, 11) is 0. The number of nitrogens with zero attached hydrogens (tertiary/aromatic N) is 1. The van der Waals surface area contributed by atoms with Crippen molar-refractivity contribution in [2.75, 3.05) is 0 Å². The molecule has 80 valence electrons. The lowest BCUT2D eigenvalue weighted by Crippen LogP contribution is -1.96. The second-order valence-electron chi connectivity index (χ2n) is 3.47. The first-order chi connectivity index (χ1) is 6.74. The number of hydrogen-bond donors (Lipinski definition) is 0. The number of hydrogen-bond acceptors (Lipinski definition) is 1. The highest BCUT2D eigenvalue weighted by Crippen LogP contribution is 2.06. The maximum atomic E-state index is 4.60. The molecule has 0 unspecified atom stereocenters. The number of allylic oxidation sites excluding steroid dienone is 3. The van der Waals surface area contributed by atoms with Crippen molar-refractivity contribution in [2.24, 2.45) is 4.99 Å². The molecule has 0 rings (SSSR count). The molecule has 0 radical (unpaired) electrons. The van der Waals surface area contributed by atoms with Crippen LogP contribution in [0.25, 0.3) is 0 Å². The van der Waals surface area contributed by atoms with E-state index in [4.69, 9.17) is 0 Å². The van der Waals surface area contributed by atoms with E-state index >= 15 is 0 Å². The van der Waals surface area contributed by atoms with Crippen LogP contribution >= 0.6 is 0 Å². The highest BCUT2D eigenvalue weighted by atomic mass is 14.7. The Morgan fingerprint density at radius 1 is 1.36 bits per heavy atom. The lowest BCUT2D eigenvalue weighted by atomic mass is 10.1. The summed E-state index contributed by atoms with van der Waals surface area (Å²) >= 11 is 0. The molecule has 0 aliphatic rings. The van der Waals surface area contributed by atoms with Crippen LogP contribution in [0, 0.1) is 0 Å². The summed E-state index contributed by atoms with van der Waals surface area (Å²) in [5.74, 6) is 0. The highest BCUT2D eigenvalue weighted by Gasteiger charge is 1.95. The molecule has 0 heterocycles. The molecule has 1 nitrogen and oxygen atoms in total. The number of aliphatic imine (C=N–C) groups is 1. The number of rotatable bonds is 7. The minimum Gasteiger partial charge on any atom is -0.263 e. The first-order valence-corrected chi connectivity index (χ1v) is 5.58. The highest BCUT2D eigenvalue weighted by molar-refractivity contribution is 5.85. The van der Waals surface area contributed by atoms with E-state index in [1.165, 1.54) is 12.1 Å². The molecular weight excluding hydrogens is 170 g/mol. The smallest absolute Gasteiger partial charge is 0.0332 e. The van der Waals surface area contributed by atoms with Gasteiger partial charge in [0.05, 0.1) is 0 Å². The van der Waals surface area contributed by atoms with Crippen LogP contribution in [0.2, 0.25) is 0 Å². The third kappa shape index (κ3) is 6.64. The van der Waals surface area contributed by atoms with Crippen molar-refractivity contribution >= 4 is 5.71 Å². The minimum atomic E-state index is 1.06. The van der Waals surface area contributed by atoms with E-state index in [-0.39, 0.29) is 0 Å². The van der Waals surface area contributed by atoms with Gasteiger partial charge in [-0.15, -0.1) is 6.58 Å². The van der Waals surface area contributed by atoms with Crippen molar-refractivity contribution in [1.29, 1.82) is 0 Å². The van der Waals surface area contributed by atoms with Crippen molar-refractivity contribution in [3.63, 3.8) is 0 Å². The molecule has 0 aliphatic carbocycles. The maximum absolute atomic E-state index is 4.60. The largest absolute Gasteiger partial charge is 0.263 e. The lowest BCUT2D eigenvalue weighted by molar-refractivity contribution is 0.878. The molecule has 0 aromatic rings. The topological polar surface area (TPSA) is 12.4 Å². The Morgan fingerprint density at radius 3 is 2.57 bits per heavy atom. The summed E-state index contributed by atoms with van der Waals surface area (Å²) in [5, 5.41) is 0. The Balaban J connectivity index is 4.10. The van der Waals surface area contributed by atoms with Crippen molar-refractivity contribution < 1.29 is 0 Å². The average molecular weight is 193 g/mol. The zero-order valence-electron chi connectivity index (χ0n) is 9.84. The van der Waals surface area contributed by atoms with Gasteiger partial charge in [0.25, 0.3) is 0 Å². The van der Waals surface area contributed by atoms with E-state index in [1.54, 1.807) is 0 Å². The quantitative estimate of drug-likeness (QED) is 0.320. The van der Waals surface area contributed by atoms with Crippen LogP contribution in [-0.4, -0.2) is 5.71 Å². The summed E-state index contributed by atoms with van der Waals surface area (Å²) in [4.78, 5) is 4.60. The summed E-state index contributed by atoms with van der Waals surface area (Å²) in [5.41, 5.74) is 2.47. The normalized spacial score (nSPS) is 13.1. The third-order valence-electron chi connectivity index (χ3n) is 2.12. The molecule has 0 fully saturated rings. The fourth-order valence-corrected chi connectivity index (χ4v) is 1.35. The monoisotopic (exact) mass is 193 g/mol. The fourth-order valence-electron chi connectivity index (χ4n) is 1.35. The molecule has 0 amide bonds. The summed E-state index contributed by atoms with van der Waals surface area (Å²) in [6.07, 6.45) is 9.65. The van der Waals surface area contributed by atoms with Crippen LogP contribution in [0.4, 0.5) is 0 Å². The summed E-state index contributed by atoms with van der Waals surface area (Å²) < 4.78 is 0. The van der Waals surface area contributed by atoms with E-state index in [9.17, 15) is 0 Å². The molecule has 0 aromatic heterocycles. The Kier molecular flexibility index (Phi) is 8.20. The van der Waals surface area contributed by atoms with E-state index < -0.39 is 0 Å². The first-order valence-electron chi connectivity index (χ1n) is 5.58. The predicted molar refractivity (Wildman–Crippen MR) is 65.8 cm³/mol. The molecule has 0 spiro atoms. The van der Waals surface area contributed by atoms with Crippen molar-refractivity contribution in [3.8, 4) is 0 Å². The van der Waals surface area contributed by atoms with Gasteiger partial charge in [0.1, 0.15) is 0 Å². The van der Waals surface area contributed by atoms with Crippen molar-refractivity contribution in [3.05, 3.63) is 24.4 Å². The van der Waals surface area contributed by atoms with Gasteiger partial charge in [-0.05, 0) is 39.0 Å². The SMILES string of the molecule is C=CCCC/C(CC)=N/C(C)=C\CC.